The van der Waals surface area contributed by atoms with Crippen molar-refractivity contribution < 1.29 is 28.5 Å². The number of allylic oxidation sites excluding steroid dienone is 1. The van der Waals surface area contributed by atoms with E-state index in [0.717, 1.165) is 0 Å². The van der Waals surface area contributed by atoms with Crippen LogP contribution in [0.15, 0.2) is 72.0 Å². The Bertz CT molecular complexity index is 1110. The minimum Gasteiger partial charge on any atom is -0.494 e. The van der Waals surface area contributed by atoms with E-state index in [1.807, 2.05) is 6.92 Å². The summed E-state index contributed by atoms with van der Waals surface area (Å²) in [6, 6.07) is 12.4. The molecule has 1 amide bonds. The molecule has 0 N–H and O–H groups in total. The Morgan fingerprint density at radius 3 is 2.39 bits per heavy atom. The van der Waals surface area contributed by atoms with E-state index >= 15 is 0 Å². The average molecular weight is 450 g/mol. The van der Waals surface area contributed by atoms with Gasteiger partial charge in [-0.2, -0.15) is 0 Å². The van der Waals surface area contributed by atoms with Crippen molar-refractivity contribution in [3.63, 3.8) is 0 Å². The Labute approximate surface area is 193 Å². The summed E-state index contributed by atoms with van der Waals surface area (Å²) in [7, 11) is 2.82. The lowest BCUT2D eigenvalue weighted by molar-refractivity contribution is -0.136. The minimum absolute atomic E-state index is 0.210. The van der Waals surface area contributed by atoms with Crippen LogP contribution in [0.3, 0.4) is 0 Å². The lowest BCUT2D eigenvalue weighted by Crippen LogP contribution is -2.24. The maximum Gasteiger partial charge on any atom is 0.340 e. The van der Waals surface area contributed by atoms with Gasteiger partial charge in [0.25, 0.3) is 5.91 Å². The summed E-state index contributed by atoms with van der Waals surface area (Å²) in [5, 5.41) is 0. The first-order chi connectivity index (χ1) is 15.9. The number of methoxy groups -OCH3 is 2. The van der Waals surface area contributed by atoms with Crippen LogP contribution >= 0.6 is 0 Å². The molecule has 1 aliphatic heterocycles. The molecule has 0 atom stereocenters. The number of esters is 1. The van der Waals surface area contributed by atoms with Crippen LogP contribution in [0.5, 0.6) is 17.2 Å². The fourth-order valence-electron chi connectivity index (χ4n) is 3.56. The van der Waals surface area contributed by atoms with Crippen molar-refractivity contribution in [1.29, 1.82) is 0 Å². The number of anilines is 1. The molecule has 7 heteroatoms. The summed E-state index contributed by atoms with van der Waals surface area (Å²) in [5.74, 6) is 0.833. The molecule has 2 aromatic rings. The number of hydrogen-bond donors (Lipinski definition) is 0. The van der Waals surface area contributed by atoms with Crippen molar-refractivity contribution in [3.05, 3.63) is 77.5 Å². The third kappa shape index (κ3) is 4.92. The largest absolute Gasteiger partial charge is 0.494 e. The first-order valence-corrected chi connectivity index (χ1v) is 10.4. The number of carbonyl (C=O) groups excluding carboxylic acids is 2. The van der Waals surface area contributed by atoms with Gasteiger partial charge in [-0.3, -0.25) is 9.69 Å². The molecule has 2 aromatic carbocycles. The van der Waals surface area contributed by atoms with E-state index < -0.39 is 5.97 Å². The quantitative estimate of drug-likeness (QED) is 0.318. The highest BCUT2D eigenvalue weighted by Crippen LogP contribution is 2.37. The Balaban J connectivity index is 2.03. The van der Waals surface area contributed by atoms with Gasteiger partial charge >= 0.3 is 5.97 Å². The second-order valence-electron chi connectivity index (χ2n) is 7.09. The SMILES string of the molecule is C=CCOc1ccc(/C=C2\C(=O)N(c3ccc(OCC)cc3)C(C)=C2C(=O)OC)cc1OC. The van der Waals surface area contributed by atoms with E-state index in [-0.39, 0.29) is 17.1 Å². The van der Waals surface area contributed by atoms with Crippen LogP contribution in [0.2, 0.25) is 0 Å². The Morgan fingerprint density at radius 2 is 1.79 bits per heavy atom. The van der Waals surface area contributed by atoms with E-state index in [9.17, 15) is 9.59 Å². The summed E-state index contributed by atoms with van der Waals surface area (Å²) in [4.78, 5) is 27.5. The molecule has 0 aliphatic carbocycles. The second kappa shape index (κ2) is 10.5. The molecule has 1 heterocycles. The monoisotopic (exact) mass is 449 g/mol. The molecule has 0 saturated heterocycles. The summed E-state index contributed by atoms with van der Waals surface area (Å²) in [6.45, 7) is 8.13. The zero-order chi connectivity index (χ0) is 24.0. The van der Waals surface area contributed by atoms with E-state index in [4.69, 9.17) is 18.9 Å². The number of ether oxygens (including phenoxy) is 4. The van der Waals surface area contributed by atoms with Crippen molar-refractivity contribution in [3.8, 4) is 17.2 Å². The highest BCUT2D eigenvalue weighted by Gasteiger charge is 2.38. The molecule has 7 nitrogen and oxygen atoms in total. The average Bonchev–Trinajstić information content (AvgIpc) is 3.07. The fourth-order valence-corrected chi connectivity index (χ4v) is 3.56. The predicted molar refractivity (Wildman–Crippen MR) is 126 cm³/mol. The summed E-state index contributed by atoms with van der Waals surface area (Å²) < 4.78 is 21.5. The van der Waals surface area contributed by atoms with Gasteiger partial charge in [0.15, 0.2) is 11.5 Å². The summed E-state index contributed by atoms with van der Waals surface area (Å²) >= 11 is 0. The Hall–Kier alpha value is -4.00. The van der Waals surface area contributed by atoms with Crippen molar-refractivity contribution in [2.45, 2.75) is 13.8 Å². The van der Waals surface area contributed by atoms with E-state index in [1.54, 1.807) is 61.5 Å². The van der Waals surface area contributed by atoms with Crippen molar-refractivity contribution in [2.24, 2.45) is 0 Å². The fraction of sp³-hybridized carbons (Fsp3) is 0.231. The Morgan fingerprint density at radius 1 is 1.06 bits per heavy atom. The lowest BCUT2D eigenvalue weighted by atomic mass is 10.0. The number of nitrogens with zero attached hydrogens (tertiary/aromatic N) is 1. The van der Waals surface area contributed by atoms with Crippen molar-refractivity contribution in [2.75, 3.05) is 32.3 Å². The first-order valence-electron chi connectivity index (χ1n) is 10.4. The van der Waals surface area contributed by atoms with Gasteiger partial charge in [-0.15, -0.1) is 0 Å². The van der Waals surface area contributed by atoms with Gasteiger partial charge in [-0.1, -0.05) is 18.7 Å². The zero-order valence-electron chi connectivity index (χ0n) is 19.2. The maximum absolute atomic E-state index is 13.4. The van der Waals surface area contributed by atoms with Crippen LogP contribution in [-0.4, -0.2) is 39.3 Å². The third-order valence-corrected chi connectivity index (χ3v) is 5.05. The highest BCUT2D eigenvalue weighted by molar-refractivity contribution is 6.23. The maximum atomic E-state index is 13.4. The van der Waals surface area contributed by atoms with E-state index in [1.165, 1.54) is 19.1 Å². The molecule has 0 saturated carbocycles. The first kappa shape index (κ1) is 23.7. The number of hydrogen-bond acceptors (Lipinski definition) is 6. The number of benzene rings is 2. The van der Waals surface area contributed by atoms with Gasteiger partial charge < -0.3 is 18.9 Å². The summed E-state index contributed by atoms with van der Waals surface area (Å²) in [5.41, 5.74) is 2.22. The molecular formula is C26H27NO6. The second-order valence-corrected chi connectivity index (χ2v) is 7.09. The Kier molecular flexibility index (Phi) is 7.56. The number of carbonyl (C=O) groups is 2. The third-order valence-electron chi connectivity index (χ3n) is 5.05. The van der Waals surface area contributed by atoms with Crippen LogP contribution < -0.4 is 19.1 Å². The van der Waals surface area contributed by atoms with Crippen molar-refractivity contribution >= 4 is 23.6 Å². The lowest BCUT2D eigenvalue weighted by Gasteiger charge is -2.18. The molecule has 1 aliphatic rings. The molecule has 0 aromatic heterocycles. The molecule has 0 unspecified atom stereocenters. The van der Waals surface area contributed by atoms with Crippen LogP contribution in [0.1, 0.15) is 19.4 Å². The van der Waals surface area contributed by atoms with Gasteiger partial charge in [-0.05, 0) is 61.9 Å². The summed E-state index contributed by atoms with van der Waals surface area (Å²) in [6.07, 6.45) is 3.28. The number of rotatable bonds is 9. The van der Waals surface area contributed by atoms with Gasteiger partial charge in [-0.25, -0.2) is 4.79 Å². The van der Waals surface area contributed by atoms with Gasteiger partial charge in [0.2, 0.25) is 0 Å². The van der Waals surface area contributed by atoms with Gasteiger partial charge in [0.1, 0.15) is 12.4 Å². The molecule has 0 fully saturated rings. The standard InChI is InChI=1S/C26H27NO6/c1-6-14-33-22-13-8-18(16-23(22)30-4)15-21-24(26(29)31-5)17(3)27(25(21)28)19-9-11-20(12-10-19)32-7-2/h6,8-13,15-16H,1,7,14H2,2-5H3/b21-15-. The molecule has 0 bridgehead atoms. The normalized spacial score (nSPS) is 14.5. The molecule has 172 valence electrons. The smallest absolute Gasteiger partial charge is 0.340 e. The van der Waals surface area contributed by atoms with Crippen LogP contribution in [0, 0.1) is 0 Å². The number of amides is 1. The molecule has 0 radical (unpaired) electrons. The highest BCUT2D eigenvalue weighted by atomic mass is 16.5. The minimum atomic E-state index is -0.585. The van der Waals surface area contributed by atoms with Gasteiger partial charge in [0, 0.05) is 11.4 Å². The van der Waals surface area contributed by atoms with Crippen LogP contribution in [0.25, 0.3) is 6.08 Å². The molecular weight excluding hydrogens is 422 g/mol. The topological polar surface area (TPSA) is 74.3 Å². The predicted octanol–water partition coefficient (Wildman–Crippen LogP) is 4.54. The van der Waals surface area contributed by atoms with Crippen LogP contribution in [-0.2, 0) is 14.3 Å². The van der Waals surface area contributed by atoms with Crippen LogP contribution in [0.4, 0.5) is 5.69 Å². The van der Waals surface area contributed by atoms with Crippen molar-refractivity contribution in [1.82, 2.24) is 0 Å². The van der Waals surface area contributed by atoms with E-state index in [0.29, 0.717) is 47.4 Å². The zero-order valence-corrected chi connectivity index (χ0v) is 19.2. The molecule has 0 spiro atoms. The molecule has 33 heavy (non-hydrogen) atoms. The van der Waals surface area contributed by atoms with Gasteiger partial charge in [0.05, 0.1) is 32.0 Å². The molecule has 3 rings (SSSR count). The van der Waals surface area contributed by atoms with E-state index in [2.05, 4.69) is 6.58 Å².